The molecule has 1 saturated heterocycles. The molecule has 128 valence electrons. The molecular weight excluding hydrogens is 291 g/mol. The van der Waals surface area contributed by atoms with Gasteiger partial charge in [0, 0.05) is 38.1 Å². The van der Waals surface area contributed by atoms with Crippen LogP contribution in [0.1, 0.15) is 39.2 Å². The largest absolute Gasteiger partial charge is 0.342 e. The number of halogens is 1. The van der Waals surface area contributed by atoms with Gasteiger partial charge in [-0.1, -0.05) is 39.0 Å². The molecule has 0 spiro atoms. The first-order valence-electron chi connectivity index (χ1n) is 8.52. The van der Waals surface area contributed by atoms with E-state index >= 15 is 0 Å². The molecule has 1 aromatic carbocycles. The number of amides is 1. The Morgan fingerprint density at radius 3 is 2.43 bits per heavy atom. The SMILES string of the molecule is CN(C(=O)C(C)(C)C)C1CCN(CCc2ccccc2F)CC1. The minimum absolute atomic E-state index is 0.113. The maximum absolute atomic E-state index is 13.6. The number of rotatable bonds is 4. The van der Waals surface area contributed by atoms with Crippen molar-refractivity contribution in [2.45, 2.75) is 46.1 Å². The first kappa shape index (κ1) is 17.9. The van der Waals surface area contributed by atoms with Crippen LogP contribution in [0.4, 0.5) is 4.39 Å². The fourth-order valence-electron chi connectivity index (χ4n) is 3.20. The lowest BCUT2D eigenvalue weighted by Crippen LogP contribution is -2.48. The van der Waals surface area contributed by atoms with E-state index in [-0.39, 0.29) is 17.1 Å². The van der Waals surface area contributed by atoms with Crippen LogP contribution in [0.3, 0.4) is 0 Å². The maximum Gasteiger partial charge on any atom is 0.227 e. The van der Waals surface area contributed by atoms with E-state index in [0.29, 0.717) is 6.04 Å². The van der Waals surface area contributed by atoms with Crippen molar-refractivity contribution in [3.63, 3.8) is 0 Å². The molecule has 1 amide bonds. The van der Waals surface area contributed by atoms with Gasteiger partial charge in [0.1, 0.15) is 5.82 Å². The first-order valence-corrected chi connectivity index (χ1v) is 8.52. The molecule has 2 rings (SSSR count). The monoisotopic (exact) mass is 320 g/mol. The molecule has 4 heteroatoms. The van der Waals surface area contributed by atoms with Gasteiger partial charge in [-0.2, -0.15) is 0 Å². The normalized spacial score (nSPS) is 17.3. The van der Waals surface area contributed by atoms with Crippen LogP contribution in [-0.4, -0.2) is 48.4 Å². The second-order valence-electron chi connectivity index (χ2n) is 7.58. The summed E-state index contributed by atoms with van der Waals surface area (Å²) >= 11 is 0. The van der Waals surface area contributed by atoms with Crippen molar-refractivity contribution in [3.8, 4) is 0 Å². The summed E-state index contributed by atoms with van der Waals surface area (Å²) in [5.41, 5.74) is 0.464. The molecule has 3 nitrogen and oxygen atoms in total. The van der Waals surface area contributed by atoms with E-state index in [0.717, 1.165) is 44.5 Å². The van der Waals surface area contributed by atoms with Crippen LogP contribution in [0.2, 0.25) is 0 Å². The Kier molecular flexibility index (Phi) is 5.79. The Balaban J connectivity index is 1.80. The molecule has 1 fully saturated rings. The van der Waals surface area contributed by atoms with Gasteiger partial charge in [-0.25, -0.2) is 4.39 Å². The summed E-state index contributed by atoms with van der Waals surface area (Å²) in [6, 6.07) is 7.32. The zero-order chi connectivity index (χ0) is 17.0. The van der Waals surface area contributed by atoms with Crippen LogP contribution in [0.15, 0.2) is 24.3 Å². The van der Waals surface area contributed by atoms with Crippen molar-refractivity contribution >= 4 is 5.91 Å². The minimum atomic E-state index is -0.323. The van der Waals surface area contributed by atoms with Crippen molar-refractivity contribution in [2.24, 2.45) is 5.41 Å². The minimum Gasteiger partial charge on any atom is -0.342 e. The molecule has 0 aromatic heterocycles. The van der Waals surface area contributed by atoms with Gasteiger partial charge in [-0.05, 0) is 30.9 Å². The average molecular weight is 320 g/mol. The fraction of sp³-hybridized carbons (Fsp3) is 0.632. The van der Waals surface area contributed by atoms with E-state index in [9.17, 15) is 9.18 Å². The summed E-state index contributed by atoms with van der Waals surface area (Å²) in [6.07, 6.45) is 2.74. The lowest BCUT2D eigenvalue weighted by Gasteiger charge is -2.39. The number of carbonyl (C=O) groups is 1. The molecule has 1 aromatic rings. The Labute approximate surface area is 139 Å². The number of hydrogen-bond acceptors (Lipinski definition) is 2. The second kappa shape index (κ2) is 7.43. The average Bonchev–Trinajstić information content (AvgIpc) is 2.52. The van der Waals surface area contributed by atoms with E-state index < -0.39 is 0 Å². The van der Waals surface area contributed by atoms with Crippen molar-refractivity contribution in [1.29, 1.82) is 0 Å². The zero-order valence-electron chi connectivity index (χ0n) is 14.8. The van der Waals surface area contributed by atoms with E-state index in [4.69, 9.17) is 0 Å². The van der Waals surface area contributed by atoms with Crippen LogP contribution in [0.25, 0.3) is 0 Å². The lowest BCUT2D eigenvalue weighted by atomic mass is 9.92. The zero-order valence-corrected chi connectivity index (χ0v) is 14.8. The summed E-state index contributed by atoms with van der Waals surface area (Å²) in [6.45, 7) is 8.73. The number of hydrogen-bond donors (Lipinski definition) is 0. The number of carbonyl (C=O) groups excluding carboxylic acids is 1. The molecule has 0 saturated carbocycles. The van der Waals surface area contributed by atoms with Crippen molar-refractivity contribution in [3.05, 3.63) is 35.6 Å². The highest BCUT2D eigenvalue weighted by atomic mass is 19.1. The Hall–Kier alpha value is -1.42. The molecule has 23 heavy (non-hydrogen) atoms. The number of benzene rings is 1. The molecule has 0 radical (unpaired) electrons. The number of likely N-dealkylation sites (tertiary alicyclic amines) is 1. The quantitative estimate of drug-likeness (QED) is 0.849. The molecule has 1 aliphatic rings. The van der Waals surface area contributed by atoms with E-state index in [1.54, 1.807) is 6.07 Å². The van der Waals surface area contributed by atoms with Crippen LogP contribution >= 0.6 is 0 Å². The number of nitrogens with zero attached hydrogens (tertiary/aromatic N) is 2. The van der Waals surface area contributed by atoms with Gasteiger partial charge in [0.15, 0.2) is 0 Å². The third-order valence-corrected chi connectivity index (χ3v) is 4.72. The Bertz CT molecular complexity index is 530. The predicted octanol–water partition coefficient (Wildman–Crippen LogP) is 3.34. The highest BCUT2D eigenvalue weighted by molar-refractivity contribution is 5.81. The molecule has 1 aliphatic heterocycles. The van der Waals surface area contributed by atoms with Crippen LogP contribution < -0.4 is 0 Å². The predicted molar refractivity (Wildman–Crippen MR) is 91.8 cm³/mol. The number of piperidine rings is 1. The van der Waals surface area contributed by atoms with Gasteiger partial charge < -0.3 is 9.80 Å². The van der Waals surface area contributed by atoms with E-state index in [1.165, 1.54) is 6.07 Å². The second-order valence-corrected chi connectivity index (χ2v) is 7.58. The van der Waals surface area contributed by atoms with Crippen molar-refractivity contribution < 1.29 is 9.18 Å². The van der Waals surface area contributed by atoms with Crippen LogP contribution in [0, 0.1) is 11.2 Å². The lowest BCUT2D eigenvalue weighted by molar-refractivity contribution is -0.141. The topological polar surface area (TPSA) is 23.6 Å². The molecule has 1 heterocycles. The molecule has 0 aliphatic carbocycles. The first-order chi connectivity index (χ1) is 10.8. The molecular formula is C19H29FN2O. The maximum atomic E-state index is 13.6. The van der Waals surface area contributed by atoms with Crippen LogP contribution in [0.5, 0.6) is 0 Å². The standard InChI is InChI=1S/C19H29FN2O/c1-19(2,3)18(23)21(4)16-10-13-22(14-11-16)12-9-15-7-5-6-8-17(15)20/h5-8,16H,9-14H2,1-4H3. The van der Waals surface area contributed by atoms with E-state index in [1.807, 2.05) is 44.9 Å². The summed E-state index contributed by atoms with van der Waals surface area (Å²) in [5, 5.41) is 0. The third-order valence-electron chi connectivity index (χ3n) is 4.72. The van der Waals surface area contributed by atoms with Gasteiger partial charge in [-0.3, -0.25) is 4.79 Å². The van der Waals surface area contributed by atoms with E-state index in [2.05, 4.69) is 4.90 Å². The molecule has 0 unspecified atom stereocenters. The summed E-state index contributed by atoms with van der Waals surface area (Å²) < 4.78 is 13.6. The van der Waals surface area contributed by atoms with Gasteiger partial charge in [0.05, 0.1) is 0 Å². The van der Waals surface area contributed by atoms with Crippen LogP contribution in [-0.2, 0) is 11.2 Å². The summed E-state index contributed by atoms with van der Waals surface area (Å²) in [7, 11) is 1.92. The fourth-order valence-corrected chi connectivity index (χ4v) is 3.20. The van der Waals surface area contributed by atoms with Gasteiger partial charge in [0.25, 0.3) is 0 Å². The Morgan fingerprint density at radius 2 is 1.87 bits per heavy atom. The summed E-state index contributed by atoms with van der Waals surface area (Å²) in [4.78, 5) is 16.7. The molecule has 0 atom stereocenters. The van der Waals surface area contributed by atoms with Crippen molar-refractivity contribution in [1.82, 2.24) is 9.80 Å². The van der Waals surface area contributed by atoms with Crippen molar-refractivity contribution in [2.75, 3.05) is 26.7 Å². The van der Waals surface area contributed by atoms with Gasteiger partial charge in [-0.15, -0.1) is 0 Å². The third kappa shape index (κ3) is 4.77. The molecule has 0 N–H and O–H groups in total. The molecule has 0 bridgehead atoms. The smallest absolute Gasteiger partial charge is 0.227 e. The highest BCUT2D eigenvalue weighted by Crippen LogP contribution is 2.22. The summed E-state index contributed by atoms with van der Waals surface area (Å²) in [5.74, 6) is 0.0974. The van der Waals surface area contributed by atoms with Gasteiger partial charge >= 0.3 is 0 Å². The highest BCUT2D eigenvalue weighted by Gasteiger charge is 2.31. The Morgan fingerprint density at radius 1 is 1.26 bits per heavy atom. The van der Waals surface area contributed by atoms with Gasteiger partial charge in [0.2, 0.25) is 5.91 Å².